The van der Waals surface area contributed by atoms with Gasteiger partial charge in [-0.1, -0.05) is 0 Å². The highest BCUT2D eigenvalue weighted by atomic mass is 79.9. The number of hydrogen-bond donors (Lipinski definition) is 0. The van der Waals surface area contributed by atoms with Crippen LogP contribution in [0.15, 0.2) is 22.9 Å². The Labute approximate surface area is 114 Å². The molecule has 96 valence electrons. The zero-order valence-electron chi connectivity index (χ0n) is 10.2. The number of methoxy groups -OCH3 is 1. The van der Waals surface area contributed by atoms with Gasteiger partial charge in [-0.3, -0.25) is 0 Å². The molecule has 0 saturated carbocycles. The Morgan fingerprint density at radius 2 is 2.17 bits per heavy atom. The number of ether oxygens (including phenoxy) is 2. The lowest BCUT2D eigenvalue weighted by atomic mass is 9.97. The summed E-state index contributed by atoms with van der Waals surface area (Å²) in [7, 11) is 1.67. The average Bonchev–Trinajstić information content (AvgIpc) is 2.81. The first-order valence-corrected chi connectivity index (χ1v) is 6.87. The molecule has 0 bridgehead atoms. The van der Waals surface area contributed by atoms with Crippen LogP contribution < -0.4 is 4.74 Å². The number of pyridine rings is 1. The Hall–Kier alpha value is -1.07. The van der Waals surface area contributed by atoms with Crippen LogP contribution in [0.1, 0.15) is 24.5 Å². The molecule has 1 aliphatic rings. The SMILES string of the molecule is COc1cc2nc(C3CCOCC3)cn2cc1Br. The highest BCUT2D eigenvalue weighted by Crippen LogP contribution is 2.30. The van der Waals surface area contributed by atoms with Crippen LogP contribution in [0, 0.1) is 0 Å². The number of hydrogen-bond acceptors (Lipinski definition) is 3. The summed E-state index contributed by atoms with van der Waals surface area (Å²) in [6.45, 7) is 1.68. The largest absolute Gasteiger partial charge is 0.495 e. The van der Waals surface area contributed by atoms with Gasteiger partial charge >= 0.3 is 0 Å². The van der Waals surface area contributed by atoms with Crippen LogP contribution in [0.25, 0.3) is 5.65 Å². The minimum atomic E-state index is 0.517. The molecule has 2 aromatic rings. The number of rotatable bonds is 2. The van der Waals surface area contributed by atoms with Gasteiger partial charge in [-0.2, -0.15) is 0 Å². The summed E-state index contributed by atoms with van der Waals surface area (Å²) < 4.78 is 13.7. The van der Waals surface area contributed by atoms with E-state index in [1.807, 2.05) is 16.7 Å². The van der Waals surface area contributed by atoms with Crippen molar-refractivity contribution in [1.29, 1.82) is 0 Å². The van der Waals surface area contributed by atoms with Crippen LogP contribution in [-0.4, -0.2) is 29.7 Å². The Morgan fingerprint density at radius 3 is 2.89 bits per heavy atom. The molecule has 0 aromatic carbocycles. The topological polar surface area (TPSA) is 35.8 Å². The van der Waals surface area contributed by atoms with Gasteiger partial charge in [0.05, 0.1) is 17.3 Å². The number of halogens is 1. The van der Waals surface area contributed by atoms with Crippen LogP contribution in [-0.2, 0) is 4.74 Å². The summed E-state index contributed by atoms with van der Waals surface area (Å²) in [4.78, 5) is 4.69. The van der Waals surface area contributed by atoms with E-state index in [0.717, 1.165) is 47.6 Å². The first kappa shape index (κ1) is 12.0. The van der Waals surface area contributed by atoms with E-state index in [9.17, 15) is 0 Å². The summed E-state index contributed by atoms with van der Waals surface area (Å²) in [6, 6.07) is 1.95. The fourth-order valence-corrected chi connectivity index (χ4v) is 2.85. The zero-order chi connectivity index (χ0) is 12.5. The van der Waals surface area contributed by atoms with Crippen molar-refractivity contribution in [3.63, 3.8) is 0 Å². The van der Waals surface area contributed by atoms with Gasteiger partial charge < -0.3 is 13.9 Å². The van der Waals surface area contributed by atoms with E-state index in [-0.39, 0.29) is 0 Å². The molecule has 5 heteroatoms. The molecule has 0 atom stereocenters. The van der Waals surface area contributed by atoms with E-state index in [0.29, 0.717) is 5.92 Å². The third-order valence-electron chi connectivity index (χ3n) is 3.39. The first-order chi connectivity index (χ1) is 8.78. The molecule has 0 amide bonds. The van der Waals surface area contributed by atoms with Gasteiger partial charge in [0.15, 0.2) is 0 Å². The zero-order valence-corrected chi connectivity index (χ0v) is 11.8. The van der Waals surface area contributed by atoms with Crippen LogP contribution >= 0.6 is 15.9 Å². The molecular formula is C13H15BrN2O2. The number of imidazole rings is 1. The van der Waals surface area contributed by atoms with Crippen molar-refractivity contribution in [2.75, 3.05) is 20.3 Å². The highest BCUT2D eigenvalue weighted by Gasteiger charge is 2.19. The van der Waals surface area contributed by atoms with E-state index in [4.69, 9.17) is 14.5 Å². The lowest BCUT2D eigenvalue weighted by Gasteiger charge is -2.19. The van der Waals surface area contributed by atoms with Crippen molar-refractivity contribution in [2.45, 2.75) is 18.8 Å². The molecule has 0 radical (unpaired) electrons. The van der Waals surface area contributed by atoms with Crippen LogP contribution in [0.3, 0.4) is 0 Å². The maximum atomic E-state index is 5.39. The molecule has 0 spiro atoms. The Balaban J connectivity index is 1.99. The van der Waals surface area contributed by atoms with Crippen molar-refractivity contribution in [2.24, 2.45) is 0 Å². The molecule has 1 fully saturated rings. The van der Waals surface area contributed by atoms with Crippen molar-refractivity contribution in [3.8, 4) is 5.75 Å². The van der Waals surface area contributed by atoms with Crippen molar-refractivity contribution >= 4 is 21.6 Å². The molecule has 0 N–H and O–H groups in total. The minimum Gasteiger partial charge on any atom is -0.495 e. The second-order valence-electron chi connectivity index (χ2n) is 4.51. The Morgan fingerprint density at radius 1 is 1.39 bits per heavy atom. The fraction of sp³-hybridized carbons (Fsp3) is 0.462. The van der Waals surface area contributed by atoms with E-state index >= 15 is 0 Å². The summed E-state index contributed by atoms with van der Waals surface area (Å²) in [5.74, 6) is 1.33. The number of aromatic nitrogens is 2. The van der Waals surface area contributed by atoms with E-state index < -0.39 is 0 Å². The fourth-order valence-electron chi connectivity index (χ4n) is 2.36. The third-order valence-corrected chi connectivity index (χ3v) is 3.98. The highest BCUT2D eigenvalue weighted by molar-refractivity contribution is 9.10. The summed E-state index contributed by atoms with van der Waals surface area (Å²) >= 11 is 3.49. The van der Waals surface area contributed by atoms with Gasteiger partial charge in [-0.15, -0.1) is 0 Å². The van der Waals surface area contributed by atoms with E-state index in [2.05, 4.69) is 22.1 Å². The van der Waals surface area contributed by atoms with Crippen molar-refractivity contribution < 1.29 is 9.47 Å². The molecule has 3 rings (SSSR count). The molecule has 18 heavy (non-hydrogen) atoms. The monoisotopic (exact) mass is 310 g/mol. The first-order valence-electron chi connectivity index (χ1n) is 6.08. The van der Waals surface area contributed by atoms with E-state index in [1.54, 1.807) is 7.11 Å². The quantitative estimate of drug-likeness (QED) is 0.855. The predicted octanol–water partition coefficient (Wildman–Crippen LogP) is 3.00. The van der Waals surface area contributed by atoms with Crippen molar-refractivity contribution in [1.82, 2.24) is 9.38 Å². The maximum Gasteiger partial charge on any atom is 0.140 e. The Kier molecular flexibility index (Phi) is 3.26. The summed E-state index contributed by atoms with van der Waals surface area (Å²) in [5, 5.41) is 0. The maximum absolute atomic E-state index is 5.39. The smallest absolute Gasteiger partial charge is 0.140 e. The van der Waals surface area contributed by atoms with E-state index in [1.165, 1.54) is 0 Å². The number of fused-ring (bicyclic) bond motifs is 1. The van der Waals surface area contributed by atoms with Crippen molar-refractivity contribution in [3.05, 3.63) is 28.6 Å². The Bertz CT molecular complexity index is 561. The normalized spacial score (nSPS) is 17.2. The molecule has 0 aliphatic carbocycles. The molecule has 1 aliphatic heterocycles. The van der Waals surface area contributed by atoms with Gasteiger partial charge in [-0.25, -0.2) is 4.98 Å². The van der Waals surface area contributed by atoms with Crippen LogP contribution in [0.4, 0.5) is 0 Å². The third kappa shape index (κ3) is 2.12. The van der Waals surface area contributed by atoms with Gasteiger partial charge in [-0.05, 0) is 28.8 Å². The molecule has 2 aromatic heterocycles. The standard InChI is InChI=1S/C13H15BrN2O2/c1-17-12-6-13-15-11(8-16(13)7-10(12)14)9-2-4-18-5-3-9/h6-9H,2-5H2,1H3. The lowest BCUT2D eigenvalue weighted by Crippen LogP contribution is -2.14. The molecule has 4 nitrogen and oxygen atoms in total. The van der Waals surface area contributed by atoms with Gasteiger partial charge in [0.1, 0.15) is 11.4 Å². The second kappa shape index (κ2) is 4.90. The molecule has 3 heterocycles. The second-order valence-corrected chi connectivity index (χ2v) is 5.36. The minimum absolute atomic E-state index is 0.517. The average molecular weight is 311 g/mol. The summed E-state index contributed by atoms with van der Waals surface area (Å²) in [6.07, 6.45) is 6.21. The summed E-state index contributed by atoms with van der Waals surface area (Å²) in [5.41, 5.74) is 2.08. The lowest BCUT2D eigenvalue weighted by molar-refractivity contribution is 0.0846. The van der Waals surface area contributed by atoms with Gasteiger partial charge in [0, 0.05) is 37.6 Å². The van der Waals surface area contributed by atoms with Gasteiger partial charge in [0.2, 0.25) is 0 Å². The van der Waals surface area contributed by atoms with Crippen LogP contribution in [0.5, 0.6) is 5.75 Å². The van der Waals surface area contributed by atoms with Gasteiger partial charge in [0.25, 0.3) is 0 Å². The molecule has 0 unspecified atom stereocenters. The number of nitrogens with zero attached hydrogens (tertiary/aromatic N) is 2. The molecule has 1 saturated heterocycles. The van der Waals surface area contributed by atoms with Crippen LogP contribution in [0.2, 0.25) is 0 Å². The predicted molar refractivity (Wildman–Crippen MR) is 72.2 cm³/mol. The molecular weight excluding hydrogens is 296 g/mol.